The van der Waals surface area contributed by atoms with Crippen LogP contribution < -0.4 is 10.1 Å². The van der Waals surface area contributed by atoms with Crippen LogP contribution in [0.1, 0.15) is 31.2 Å². The van der Waals surface area contributed by atoms with Gasteiger partial charge in [-0.05, 0) is 81.9 Å². The fraction of sp³-hybridized carbons (Fsp3) is 0.667. The van der Waals surface area contributed by atoms with Crippen LogP contribution in [0, 0.1) is 11.8 Å². The molecule has 3 nitrogen and oxygen atoms in total. The maximum atomic E-state index is 5.80. The number of piperidine rings is 1. The molecule has 0 unspecified atom stereocenters. The van der Waals surface area contributed by atoms with E-state index < -0.39 is 0 Å². The Hall–Kier alpha value is -0.770. The number of rotatable bonds is 7. The molecular formula is C18H29ClN2O. The normalized spacial score (nSPS) is 19.7. The van der Waals surface area contributed by atoms with Gasteiger partial charge in [-0.25, -0.2) is 0 Å². The molecule has 1 aromatic carbocycles. The molecule has 3 rings (SSSR count). The maximum absolute atomic E-state index is 5.80. The molecule has 1 aromatic rings. The molecule has 0 aromatic heterocycles. The molecule has 4 heteroatoms. The number of hydrogen-bond donors (Lipinski definition) is 1. The fourth-order valence-electron chi connectivity index (χ4n) is 3.09. The number of hydrogen-bond acceptors (Lipinski definition) is 3. The molecular weight excluding hydrogens is 296 g/mol. The molecule has 0 amide bonds. The summed E-state index contributed by atoms with van der Waals surface area (Å²) >= 11 is 0. The third kappa shape index (κ3) is 5.45. The lowest BCUT2D eigenvalue weighted by atomic mass is 9.96. The second-order valence-corrected chi connectivity index (χ2v) is 6.68. The van der Waals surface area contributed by atoms with Crippen LogP contribution in [0.4, 0.5) is 0 Å². The van der Waals surface area contributed by atoms with Gasteiger partial charge in [0.1, 0.15) is 5.75 Å². The molecule has 0 spiro atoms. The number of halogens is 1. The topological polar surface area (TPSA) is 24.5 Å². The van der Waals surface area contributed by atoms with E-state index in [2.05, 4.69) is 41.5 Å². The van der Waals surface area contributed by atoms with Gasteiger partial charge in [0.05, 0.1) is 6.61 Å². The first-order valence-corrected chi connectivity index (χ1v) is 8.42. The van der Waals surface area contributed by atoms with Crippen molar-refractivity contribution in [3.63, 3.8) is 0 Å². The van der Waals surface area contributed by atoms with Gasteiger partial charge in [0.2, 0.25) is 0 Å². The quantitative estimate of drug-likeness (QED) is 0.832. The zero-order valence-corrected chi connectivity index (χ0v) is 14.4. The molecule has 0 atom stereocenters. The van der Waals surface area contributed by atoms with E-state index in [1.165, 1.54) is 50.9 Å². The second-order valence-electron chi connectivity index (χ2n) is 6.68. The maximum Gasteiger partial charge on any atom is 0.119 e. The number of ether oxygens (including phenoxy) is 1. The van der Waals surface area contributed by atoms with Crippen molar-refractivity contribution in [1.82, 2.24) is 10.2 Å². The summed E-state index contributed by atoms with van der Waals surface area (Å²) in [6.45, 7) is 5.60. The molecule has 0 radical (unpaired) electrons. The number of nitrogens with zero attached hydrogens (tertiary/aromatic N) is 1. The lowest BCUT2D eigenvalue weighted by Crippen LogP contribution is -2.36. The Morgan fingerprint density at radius 3 is 2.32 bits per heavy atom. The standard InChI is InChI=1S/C18H28N2O.ClH/c1-19-12-15-8-10-20(11-9-15)13-16-4-6-18(7-5-16)21-14-17-2-3-17;/h4-7,15,17,19H,2-3,8-14H2,1H3;1H. The largest absolute Gasteiger partial charge is 0.493 e. The van der Waals surface area contributed by atoms with E-state index in [4.69, 9.17) is 4.74 Å². The van der Waals surface area contributed by atoms with Crippen LogP contribution in [0.25, 0.3) is 0 Å². The van der Waals surface area contributed by atoms with Crippen LogP contribution in [0.2, 0.25) is 0 Å². The fourth-order valence-corrected chi connectivity index (χ4v) is 3.09. The molecule has 1 N–H and O–H groups in total. The van der Waals surface area contributed by atoms with Crippen LogP contribution in [0.3, 0.4) is 0 Å². The van der Waals surface area contributed by atoms with Crippen molar-refractivity contribution in [2.75, 3.05) is 33.3 Å². The summed E-state index contributed by atoms with van der Waals surface area (Å²) in [6.07, 6.45) is 5.34. The zero-order valence-electron chi connectivity index (χ0n) is 13.6. The highest BCUT2D eigenvalue weighted by Gasteiger charge is 2.22. The van der Waals surface area contributed by atoms with Crippen LogP contribution in [0.5, 0.6) is 5.75 Å². The number of benzene rings is 1. The van der Waals surface area contributed by atoms with E-state index in [0.717, 1.165) is 30.7 Å². The summed E-state index contributed by atoms with van der Waals surface area (Å²) in [5.74, 6) is 2.71. The summed E-state index contributed by atoms with van der Waals surface area (Å²) in [4.78, 5) is 2.58. The molecule has 1 saturated heterocycles. The highest BCUT2D eigenvalue weighted by molar-refractivity contribution is 5.85. The molecule has 22 heavy (non-hydrogen) atoms. The Bertz CT molecular complexity index is 425. The van der Waals surface area contributed by atoms with Gasteiger partial charge in [0, 0.05) is 6.54 Å². The number of likely N-dealkylation sites (tertiary alicyclic amines) is 1. The van der Waals surface area contributed by atoms with Crippen molar-refractivity contribution >= 4 is 12.4 Å². The summed E-state index contributed by atoms with van der Waals surface area (Å²) in [5, 5.41) is 3.30. The Morgan fingerprint density at radius 2 is 1.73 bits per heavy atom. The van der Waals surface area contributed by atoms with Crippen molar-refractivity contribution in [3.05, 3.63) is 29.8 Å². The van der Waals surface area contributed by atoms with Gasteiger partial charge in [-0.1, -0.05) is 12.1 Å². The first kappa shape index (κ1) is 17.6. The summed E-state index contributed by atoms with van der Waals surface area (Å²) in [5.41, 5.74) is 1.40. The van der Waals surface area contributed by atoms with Crippen molar-refractivity contribution < 1.29 is 4.74 Å². The summed E-state index contributed by atoms with van der Waals surface area (Å²) in [7, 11) is 2.05. The number of nitrogens with one attached hydrogen (secondary N) is 1. The SMILES string of the molecule is CNCC1CCN(Cc2ccc(OCC3CC3)cc2)CC1.Cl. The van der Waals surface area contributed by atoms with Gasteiger partial charge in [-0.15, -0.1) is 12.4 Å². The van der Waals surface area contributed by atoms with E-state index in [9.17, 15) is 0 Å². The predicted octanol–water partition coefficient (Wildman–Crippen LogP) is 3.33. The lowest BCUT2D eigenvalue weighted by molar-refractivity contribution is 0.176. The second kappa shape index (κ2) is 8.76. The van der Waals surface area contributed by atoms with Crippen molar-refractivity contribution in [1.29, 1.82) is 0 Å². The average molecular weight is 325 g/mol. The van der Waals surface area contributed by atoms with Crippen LogP contribution >= 0.6 is 12.4 Å². The van der Waals surface area contributed by atoms with Crippen molar-refractivity contribution in [2.45, 2.75) is 32.2 Å². The minimum atomic E-state index is 0. The Labute approximate surface area is 140 Å². The van der Waals surface area contributed by atoms with Gasteiger partial charge in [-0.2, -0.15) is 0 Å². The van der Waals surface area contributed by atoms with E-state index in [0.29, 0.717) is 0 Å². The van der Waals surface area contributed by atoms with Gasteiger partial charge in [0.25, 0.3) is 0 Å². The molecule has 1 saturated carbocycles. The smallest absolute Gasteiger partial charge is 0.119 e. The van der Waals surface area contributed by atoms with E-state index in [1.807, 2.05) is 0 Å². The third-order valence-corrected chi connectivity index (χ3v) is 4.71. The lowest BCUT2D eigenvalue weighted by Gasteiger charge is -2.31. The molecule has 1 aliphatic heterocycles. The Morgan fingerprint density at radius 1 is 1.05 bits per heavy atom. The molecule has 2 aliphatic rings. The van der Waals surface area contributed by atoms with Gasteiger partial charge in [0.15, 0.2) is 0 Å². The molecule has 1 aliphatic carbocycles. The first-order valence-electron chi connectivity index (χ1n) is 8.42. The zero-order chi connectivity index (χ0) is 14.5. The van der Waals surface area contributed by atoms with E-state index >= 15 is 0 Å². The van der Waals surface area contributed by atoms with E-state index in [1.54, 1.807) is 0 Å². The van der Waals surface area contributed by atoms with Crippen molar-refractivity contribution in [2.24, 2.45) is 11.8 Å². The third-order valence-electron chi connectivity index (χ3n) is 4.71. The highest BCUT2D eigenvalue weighted by atomic mass is 35.5. The van der Waals surface area contributed by atoms with Gasteiger partial charge >= 0.3 is 0 Å². The van der Waals surface area contributed by atoms with Crippen molar-refractivity contribution in [3.8, 4) is 5.75 Å². The predicted molar refractivity (Wildman–Crippen MR) is 93.8 cm³/mol. The summed E-state index contributed by atoms with van der Waals surface area (Å²) in [6, 6.07) is 8.71. The van der Waals surface area contributed by atoms with Crippen LogP contribution in [-0.2, 0) is 6.54 Å². The molecule has 1 heterocycles. The summed E-state index contributed by atoms with van der Waals surface area (Å²) < 4.78 is 5.80. The van der Waals surface area contributed by atoms with Gasteiger partial charge in [-0.3, -0.25) is 4.90 Å². The Kier molecular flexibility index (Phi) is 7.00. The monoisotopic (exact) mass is 324 g/mol. The average Bonchev–Trinajstić information content (AvgIpc) is 3.33. The molecule has 124 valence electrons. The Balaban J connectivity index is 0.00000176. The minimum absolute atomic E-state index is 0. The van der Waals surface area contributed by atoms with Gasteiger partial charge < -0.3 is 10.1 Å². The molecule has 0 bridgehead atoms. The van der Waals surface area contributed by atoms with Crippen LogP contribution in [-0.4, -0.2) is 38.2 Å². The first-order chi connectivity index (χ1) is 10.3. The minimum Gasteiger partial charge on any atom is -0.493 e. The molecule has 2 fully saturated rings. The highest BCUT2D eigenvalue weighted by Crippen LogP contribution is 2.29. The van der Waals surface area contributed by atoms with E-state index in [-0.39, 0.29) is 12.4 Å². The van der Waals surface area contributed by atoms with Crippen LogP contribution in [0.15, 0.2) is 24.3 Å².